The molecular formula is C9H14O. The van der Waals surface area contributed by atoms with Crippen molar-refractivity contribution in [1.82, 2.24) is 0 Å². The maximum Gasteiger partial charge on any atom is 0.152 e. The van der Waals surface area contributed by atoms with Gasteiger partial charge in [-0.3, -0.25) is 4.79 Å². The Morgan fingerprint density at radius 2 is 1.90 bits per heavy atom. The summed E-state index contributed by atoms with van der Waals surface area (Å²) in [7, 11) is 0. The molecule has 0 unspecified atom stereocenters. The quantitative estimate of drug-likeness (QED) is 0.432. The van der Waals surface area contributed by atoms with E-state index in [0.29, 0.717) is 0 Å². The molecule has 0 bridgehead atoms. The minimum absolute atomic E-state index is 0.101. The molecule has 0 aromatic rings. The Bertz CT molecular complexity index is 164. The van der Waals surface area contributed by atoms with Gasteiger partial charge in [0.1, 0.15) is 0 Å². The van der Waals surface area contributed by atoms with Gasteiger partial charge in [-0.25, -0.2) is 0 Å². The lowest BCUT2D eigenvalue weighted by Gasteiger charge is -1.87. The molecule has 0 radical (unpaired) electrons. The molecule has 0 aromatic heterocycles. The number of rotatable bonds is 3. The predicted octanol–water partition coefficient (Wildman–Crippen LogP) is 2.49. The van der Waals surface area contributed by atoms with Gasteiger partial charge in [0, 0.05) is 0 Å². The van der Waals surface area contributed by atoms with Gasteiger partial charge in [-0.2, -0.15) is 0 Å². The van der Waals surface area contributed by atoms with Crippen LogP contribution in [0.5, 0.6) is 0 Å². The lowest BCUT2D eigenvalue weighted by molar-refractivity contribution is -0.112. The standard InChI is InChI=1S/C9H14O/c1-4-5-8(2)6-7-9(3)10/h5-7H,4H2,1-3H3/b7-6+,8-5?. The average Bonchev–Trinajstić information content (AvgIpc) is 1.85. The van der Waals surface area contributed by atoms with Gasteiger partial charge in [-0.15, -0.1) is 0 Å². The van der Waals surface area contributed by atoms with Crippen molar-refractivity contribution in [3.63, 3.8) is 0 Å². The maximum atomic E-state index is 10.4. The molecule has 0 fully saturated rings. The number of hydrogen-bond donors (Lipinski definition) is 0. The molecule has 0 aliphatic carbocycles. The third kappa shape index (κ3) is 5.29. The van der Waals surface area contributed by atoms with Gasteiger partial charge in [0.15, 0.2) is 5.78 Å². The van der Waals surface area contributed by atoms with Crippen LogP contribution in [0.15, 0.2) is 23.8 Å². The van der Waals surface area contributed by atoms with Crippen molar-refractivity contribution in [3.8, 4) is 0 Å². The Morgan fingerprint density at radius 1 is 1.30 bits per heavy atom. The zero-order chi connectivity index (χ0) is 7.98. The number of carbonyl (C=O) groups excluding carboxylic acids is 1. The van der Waals surface area contributed by atoms with Crippen molar-refractivity contribution in [3.05, 3.63) is 23.8 Å². The lowest BCUT2D eigenvalue weighted by Crippen LogP contribution is -1.79. The molecule has 0 spiro atoms. The number of ketones is 1. The van der Waals surface area contributed by atoms with E-state index < -0.39 is 0 Å². The summed E-state index contributed by atoms with van der Waals surface area (Å²) in [5, 5.41) is 0. The monoisotopic (exact) mass is 138 g/mol. The van der Waals surface area contributed by atoms with Crippen LogP contribution in [-0.2, 0) is 4.79 Å². The van der Waals surface area contributed by atoms with Crippen LogP contribution in [0.3, 0.4) is 0 Å². The minimum Gasteiger partial charge on any atom is -0.295 e. The van der Waals surface area contributed by atoms with E-state index in [1.807, 2.05) is 13.0 Å². The number of hydrogen-bond acceptors (Lipinski definition) is 1. The van der Waals surface area contributed by atoms with Crippen molar-refractivity contribution in [1.29, 1.82) is 0 Å². The molecule has 1 heteroatoms. The fourth-order valence-electron chi connectivity index (χ4n) is 0.639. The molecule has 0 saturated heterocycles. The van der Waals surface area contributed by atoms with Crippen molar-refractivity contribution < 1.29 is 4.79 Å². The lowest BCUT2D eigenvalue weighted by atomic mass is 10.2. The van der Waals surface area contributed by atoms with Crippen molar-refractivity contribution in [2.45, 2.75) is 27.2 Å². The molecule has 0 heterocycles. The molecule has 0 saturated carbocycles. The summed E-state index contributed by atoms with van der Waals surface area (Å²) in [4.78, 5) is 10.4. The SMILES string of the molecule is CCC=C(C)/C=C/C(C)=O. The first-order chi connectivity index (χ1) is 4.66. The summed E-state index contributed by atoms with van der Waals surface area (Å²) < 4.78 is 0. The van der Waals surface area contributed by atoms with Crippen LogP contribution < -0.4 is 0 Å². The van der Waals surface area contributed by atoms with Crippen molar-refractivity contribution >= 4 is 5.78 Å². The summed E-state index contributed by atoms with van der Waals surface area (Å²) in [6.45, 7) is 5.61. The molecule has 0 aromatic carbocycles. The van der Waals surface area contributed by atoms with Gasteiger partial charge < -0.3 is 0 Å². The van der Waals surface area contributed by atoms with Gasteiger partial charge in [-0.1, -0.05) is 24.6 Å². The Hall–Kier alpha value is -0.850. The second kappa shape index (κ2) is 4.98. The molecular weight excluding hydrogens is 124 g/mol. The van der Waals surface area contributed by atoms with Crippen LogP contribution in [0.4, 0.5) is 0 Å². The van der Waals surface area contributed by atoms with E-state index in [2.05, 4.69) is 13.0 Å². The van der Waals surface area contributed by atoms with E-state index in [0.717, 1.165) is 12.0 Å². The first-order valence-corrected chi connectivity index (χ1v) is 3.52. The molecule has 10 heavy (non-hydrogen) atoms. The largest absolute Gasteiger partial charge is 0.295 e. The highest BCUT2D eigenvalue weighted by Gasteiger charge is 1.82. The van der Waals surface area contributed by atoms with Gasteiger partial charge in [0.05, 0.1) is 0 Å². The molecule has 0 aliphatic rings. The van der Waals surface area contributed by atoms with Crippen LogP contribution in [0, 0.1) is 0 Å². The van der Waals surface area contributed by atoms with E-state index in [9.17, 15) is 4.79 Å². The predicted molar refractivity (Wildman–Crippen MR) is 43.9 cm³/mol. The van der Waals surface area contributed by atoms with Gasteiger partial charge in [0.2, 0.25) is 0 Å². The van der Waals surface area contributed by atoms with E-state index in [1.165, 1.54) is 0 Å². The average molecular weight is 138 g/mol. The third-order valence-electron chi connectivity index (χ3n) is 1.11. The number of allylic oxidation sites excluding steroid dienone is 4. The topological polar surface area (TPSA) is 17.1 Å². The Kier molecular flexibility index (Phi) is 4.55. The molecule has 0 atom stereocenters. The fraction of sp³-hybridized carbons (Fsp3) is 0.444. The highest BCUT2D eigenvalue weighted by molar-refractivity contribution is 5.87. The van der Waals surface area contributed by atoms with Gasteiger partial charge in [-0.05, 0) is 26.3 Å². The molecule has 0 amide bonds. The van der Waals surface area contributed by atoms with Crippen molar-refractivity contribution in [2.24, 2.45) is 0 Å². The summed E-state index contributed by atoms with van der Waals surface area (Å²) in [6, 6.07) is 0. The van der Waals surface area contributed by atoms with Crippen LogP contribution in [-0.4, -0.2) is 5.78 Å². The van der Waals surface area contributed by atoms with Crippen LogP contribution in [0.25, 0.3) is 0 Å². The van der Waals surface area contributed by atoms with Crippen molar-refractivity contribution in [2.75, 3.05) is 0 Å². The fourth-order valence-corrected chi connectivity index (χ4v) is 0.639. The Balaban J connectivity index is 3.89. The molecule has 56 valence electrons. The molecule has 0 N–H and O–H groups in total. The van der Waals surface area contributed by atoms with Gasteiger partial charge in [0.25, 0.3) is 0 Å². The van der Waals surface area contributed by atoms with Crippen LogP contribution >= 0.6 is 0 Å². The summed E-state index contributed by atoms with van der Waals surface area (Å²) in [5.41, 5.74) is 1.15. The van der Waals surface area contributed by atoms with E-state index in [1.54, 1.807) is 13.0 Å². The van der Waals surface area contributed by atoms with E-state index in [-0.39, 0.29) is 5.78 Å². The molecule has 0 aliphatic heterocycles. The Morgan fingerprint density at radius 3 is 2.30 bits per heavy atom. The first kappa shape index (κ1) is 9.15. The summed E-state index contributed by atoms with van der Waals surface area (Å²) >= 11 is 0. The van der Waals surface area contributed by atoms with E-state index >= 15 is 0 Å². The maximum absolute atomic E-state index is 10.4. The van der Waals surface area contributed by atoms with Gasteiger partial charge >= 0.3 is 0 Å². The zero-order valence-electron chi connectivity index (χ0n) is 6.85. The third-order valence-corrected chi connectivity index (χ3v) is 1.11. The minimum atomic E-state index is 0.101. The van der Waals surface area contributed by atoms with Crippen LogP contribution in [0.2, 0.25) is 0 Å². The van der Waals surface area contributed by atoms with E-state index in [4.69, 9.17) is 0 Å². The smallest absolute Gasteiger partial charge is 0.152 e. The normalized spacial score (nSPS) is 12.5. The zero-order valence-corrected chi connectivity index (χ0v) is 6.85. The molecule has 0 rings (SSSR count). The highest BCUT2D eigenvalue weighted by atomic mass is 16.1. The first-order valence-electron chi connectivity index (χ1n) is 3.52. The number of carbonyl (C=O) groups is 1. The van der Waals surface area contributed by atoms with Crippen LogP contribution in [0.1, 0.15) is 27.2 Å². The molecule has 1 nitrogen and oxygen atoms in total. The summed E-state index contributed by atoms with van der Waals surface area (Å²) in [5.74, 6) is 0.101. The second-order valence-corrected chi connectivity index (χ2v) is 2.30. The highest BCUT2D eigenvalue weighted by Crippen LogP contribution is 1.96. The Labute approximate surface area is 62.4 Å². The summed E-state index contributed by atoms with van der Waals surface area (Å²) in [6.07, 6.45) is 6.53. The second-order valence-electron chi connectivity index (χ2n) is 2.30.